The Balaban J connectivity index is 0. The molecular formula is C25H42F3N7O2. The summed E-state index contributed by atoms with van der Waals surface area (Å²) in [7, 11) is 2.95. The molecule has 0 unspecified atom stereocenters. The number of hydrogen-bond donors (Lipinski definition) is 5. The molecule has 1 atom stereocenters. The van der Waals surface area contributed by atoms with Gasteiger partial charge in [-0.25, -0.2) is 10.5 Å². The Bertz CT molecular complexity index is 950. The zero-order valence-corrected chi connectivity index (χ0v) is 21.8. The predicted molar refractivity (Wildman–Crippen MR) is 145 cm³/mol. The number of likely N-dealkylation sites (N-methyl/N-ethyl adjacent to an activating group) is 1. The highest BCUT2D eigenvalue weighted by Gasteiger charge is 2.37. The molecule has 1 heterocycles. The Morgan fingerprint density at radius 3 is 2.46 bits per heavy atom. The van der Waals surface area contributed by atoms with Crippen LogP contribution in [-0.4, -0.2) is 56.2 Å². The highest BCUT2D eigenvalue weighted by atomic mass is 19.4. The molecule has 1 aromatic heterocycles. The molecule has 210 valence electrons. The first-order valence-electron chi connectivity index (χ1n) is 11.9. The minimum Gasteiger partial charge on any atom is -0.404 e. The average molecular weight is 530 g/mol. The first kappa shape index (κ1) is 31.6. The second kappa shape index (κ2) is 15.6. The van der Waals surface area contributed by atoms with Gasteiger partial charge in [0.25, 0.3) is 5.91 Å². The van der Waals surface area contributed by atoms with Crippen LogP contribution in [0.3, 0.4) is 0 Å². The lowest BCUT2D eigenvalue weighted by molar-refractivity contribution is -0.119. The van der Waals surface area contributed by atoms with Gasteiger partial charge in [0.15, 0.2) is 0 Å². The van der Waals surface area contributed by atoms with Crippen molar-refractivity contribution in [2.75, 3.05) is 26.2 Å². The quantitative estimate of drug-likeness (QED) is 0.173. The lowest BCUT2D eigenvalue weighted by Crippen LogP contribution is -2.46. The fourth-order valence-corrected chi connectivity index (χ4v) is 4.13. The zero-order chi connectivity index (χ0) is 28.0. The topological polar surface area (TPSA) is 138 Å². The van der Waals surface area contributed by atoms with Crippen LogP contribution in [0.15, 0.2) is 46.9 Å². The molecule has 0 aromatic carbocycles. The molecule has 9 nitrogen and oxygen atoms in total. The van der Waals surface area contributed by atoms with Gasteiger partial charge in [-0.15, -0.1) is 0 Å². The first-order valence-corrected chi connectivity index (χ1v) is 11.9. The van der Waals surface area contributed by atoms with Crippen LogP contribution in [0.2, 0.25) is 0 Å². The van der Waals surface area contributed by atoms with Crippen LogP contribution < -0.4 is 21.8 Å². The van der Waals surface area contributed by atoms with Crippen LogP contribution in [0.5, 0.6) is 0 Å². The van der Waals surface area contributed by atoms with E-state index < -0.39 is 11.7 Å². The van der Waals surface area contributed by atoms with Gasteiger partial charge >= 0.3 is 6.18 Å². The summed E-state index contributed by atoms with van der Waals surface area (Å²) in [6, 6.07) is 2.72. The van der Waals surface area contributed by atoms with Gasteiger partial charge in [-0.3, -0.25) is 14.6 Å². The maximum Gasteiger partial charge on any atom is 0.419 e. The van der Waals surface area contributed by atoms with Gasteiger partial charge in [0.05, 0.1) is 29.6 Å². The van der Waals surface area contributed by atoms with E-state index in [9.17, 15) is 18.0 Å². The third-order valence-electron chi connectivity index (χ3n) is 6.18. The molecule has 1 fully saturated rings. The van der Waals surface area contributed by atoms with Crippen LogP contribution in [0, 0.1) is 17.2 Å². The number of amides is 1. The van der Waals surface area contributed by atoms with Gasteiger partial charge in [-0.1, -0.05) is 25.8 Å². The number of anilines is 1. The van der Waals surface area contributed by atoms with Crippen molar-refractivity contribution in [1.29, 1.82) is 5.41 Å². The van der Waals surface area contributed by atoms with Crippen LogP contribution in [0.1, 0.15) is 47.9 Å². The van der Waals surface area contributed by atoms with Crippen molar-refractivity contribution in [3.63, 3.8) is 0 Å². The summed E-state index contributed by atoms with van der Waals surface area (Å²) in [5.41, 5.74) is 7.19. The number of nitrogens with two attached hydrogens (primary N) is 1. The van der Waals surface area contributed by atoms with Crippen molar-refractivity contribution in [3.8, 4) is 0 Å². The second-order valence-corrected chi connectivity index (χ2v) is 8.55. The van der Waals surface area contributed by atoms with Crippen LogP contribution in [-0.2, 0) is 9.63 Å². The van der Waals surface area contributed by atoms with Crippen molar-refractivity contribution in [1.82, 2.24) is 15.6 Å². The number of halogens is 3. The van der Waals surface area contributed by atoms with E-state index in [0.717, 1.165) is 25.7 Å². The Labute approximate surface area is 219 Å². The van der Waals surface area contributed by atoms with E-state index in [4.69, 9.17) is 16.0 Å². The number of nitrogens with zero attached hydrogens (tertiary/aromatic N) is 2. The van der Waals surface area contributed by atoms with Crippen molar-refractivity contribution >= 4 is 24.2 Å². The van der Waals surface area contributed by atoms with Crippen molar-refractivity contribution < 1.29 is 25.7 Å². The van der Waals surface area contributed by atoms with E-state index in [2.05, 4.69) is 39.7 Å². The lowest BCUT2D eigenvalue weighted by atomic mass is 9.79. The fraction of sp³-hybridized carbons (Fsp3) is 0.520. The van der Waals surface area contributed by atoms with E-state index in [1.54, 1.807) is 20.0 Å². The third-order valence-corrected chi connectivity index (χ3v) is 6.18. The zero-order valence-electron chi connectivity index (χ0n) is 21.8. The highest BCUT2D eigenvalue weighted by Crippen LogP contribution is 2.31. The summed E-state index contributed by atoms with van der Waals surface area (Å²) in [4.78, 5) is 26.1. The Morgan fingerprint density at radius 2 is 2.00 bits per heavy atom. The summed E-state index contributed by atoms with van der Waals surface area (Å²) in [5.74, 6) is 1.04. The molecule has 0 aliphatic heterocycles. The lowest BCUT2D eigenvalue weighted by Gasteiger charge is -2.33. The van der Waals surface area contributed by atoms with Crippen molar-refractivity contribution in [3.05, 3.63) is 47.4 Å². The molecule has 1 aromatic rings. The fourth-order valence-electron chi connectivity index (χ4n) is 4.13. The van der Waals surface area contributed by atoms with Gasteiger partial charge < -0.3 is 21.8 Å². The van der Waals surface area contributed by atoms with Crippen LogP contribution in [0.25, 0.3) is 0 Å². The molecule has 1 saturated carbocycles. The monoisotopic (exact) mass is 529 g/mol. The molecule has 0 radical (unpaired) electrons. The number of allylic oxidation sites excluding steroid dienone is 2. The van der Waals surface area contributed by atoms with Gasteiger partial charge in [0.2, 0.25) is 0 Å². The average Bonchev–Trinajstić information content (AvgIpc) is 2.88. The van der Waals surface area contributed by atoms with E-state index in [1.165, 1.54) is 25.4 Å². The summed E-state index contributed by atoms with van der Waals surface area (Å²) < 4.78 is 39.6. The second-order valence-electron chi connectivity index (χ2n) is 8.55. The molecule has 6 N–H and O–H groups in total. The summed E-state index contributed by atoms with van der Waals surface area (Å²) in [6.45, 7) is 6.71. The largest absolute Gasteiger partial charge is 0.419 e. The van der Waals surface area contributed by atoms with Gasteiger partial charge in [-0.2, -0.15) is 13.2 Å². The molecule has 0 saturated heterocycles. The normalized spacial score (nSPS) is 19.8. The van der Waals surface area contributed by atoms with E-state index >= 15 is 0 Å². The Hall–Kier alpha value is -3.41. The minimum atomic E-state index is -4.64. The molecule has 12 heteroatoms. The van der Waals surface area contributed by atoms with Crippen LogP contribution >= 0.6 is 0 Å². The number of nitrogens with one attached hydrogen (secondary N) is 4. The molecular weight excluding hydrogens is 487 g/mol. The maximum absolute atomic E-state index is 13.2. The Morgan fingerprint density at radius 1 is 1.35 bits per heavy atom. The smallest absolute Gasteiger partial charge is 0.404 e. The maximum atomic E-state index is 13.2. The molecule has 1 aliphatic rings. The van der Waals surface area contributed by atoms with Crippen molar-refractivity contribution in [2.24, 2.45) is 22.6 Å². The SMILES string of the molecule is C/C=C(\NC)C(=O)N[C@H](CONc1ccc(C(=NC)/C(=C\N)C(F)(F)F)cn1)C1CCC(C)CC1.C=N.[HH].[HH]. The molecule has 1 amide bonds. The van der Waals surface area contributed by atoms with Crippen LogP contribution in [0.4, 0.5) is 19.0 Å². The minimum absolute atomic E-state index is 0. The third kappa shape index (κ3) is 9.52. The van der Waals surface area contributed by atoms with E-state index in [1.807, 2.05) is 0 Å². The van der Waals surface area contributed by atoms with Crippen molar-refractivity contribution in [2.45, 2.75) is 51.7 Å². The number of hydrogen-bond acceptors (Lipinski definition) is 8. The number of carbonyl (C=O) groups is 1. The van der Waals surface area contributed by atoms with Gasteiger partial charge in [0, 0.05) is 34.9 Å². The number of rotatable bonds is 10. The van der Waals surface area contributed by atoms with E-state index in [-0.39, 0.29) is 38.6 Å². The number of aromatic nitrogens is 1. The standard InChI is InChI=1S/C24H35F3N6O2.CH3N.2H2/c1-5-19(29-3)23(34)32-20(16-8-6-15(2)7-9-16)14-35-33-21-11-10-17(13-31-21)22(30-4)18(12-28)24(25,26)27;1-2;;/h5,10-13,15-16,20,29H,6-9,14,28H2,1-4H3,(H,31,33)(H,32,34);2H,1H2;2*1H/b18-12+,19-5-,30-22?;;;/t15?,16?,20-;;;/m1.../s1. The first-order chi connectivity index (χ1) is 17.6. The summed E-state index contributed by atoms with van der Waals surface area (Å²) in [5, 5.41) is 11.4. The Kier molecular flexibility index (Phi) is 13.4. The summed E-state index contributed by atoms with van der Waals surface area (Å²) in [6.07, 6.45) is 2.98. The molecule has 0 spiro atoms. The number of alkyl halides is 3. The van der Waals surface area contributed by atoms with Gasteiger partial charge in [-0.05, 0) is 50.5 Å². The predicted octanol–water partition coefficient (Wildman–Crippen LogP) is 4.44. The number of carbonyl (C=O) groups excluding carboxylic acids is 1. The summed E-state index contributed by atoms with van der Waals surface area (Å²) >= 11 is 0. The molecule has 1 aliphatic carbocycles. The molecule has 0 bridgehead atoms. The molecule has 37 heavy (non-hydrogen) atoms. The highest BCUT2D eigenvalue weighted by molar-refractivity contribution is 6.13. The van der Waals surface area contributed by atoms with Gasteiger partial charge in [0.1, 0.15) is 5.82 Å². The number of aliphatic imine (C=N–C) groups is 1. The van der Waals surface area contributed by atoms with E-state index in [0.29, 0.717) is 23.6 Å². The number of pyridine rings is 1. The molecule has 2 rings (SSSR count).